The molecule has 1 N–H and O–H groups in total. The summed E-state index contributed by atoms with van der Waals surface area (Å²) in [5.41, 5.74) is 0.0300. The van der Waals surface area contributed by atoms with E-state index in [4.69, 9.17) is 4.74 Å². The summed E-state index contributed by atoms with van der Waals surface area (Å²) in [5, 5.41) is 11.4. The normalized spacial score (nSPS) is 27.8. The first kappa shape index (κ1) is 16.2. The van der Waals surface area contributed by atoms with Gasteiger partial charge in [0, 0.05) is 5.54 Å². The number of cyclic esters (lactones) is 1. The summed E-state index contributed by atoms with van der Waals surface area (Å²) in [6.45, 7) is 6.21. The molecule has 4 nitrogen and oxygen atoms in total. The Morgan fingerprint density at radius 2 is 1.81 bits per heavy atom. The van der Waals surface area contributed by atoms with Crippen LogP contribution < -0.4 is 5.19 Å². The molecule has 116 valence electrons. The van der Waals surface area contributed by atoms with Gasteiger partial charge in [-0.3, -0.25) is 9.69 Å². The predicted molar refractivity (Wildman–Crippen MR) is 86.3 cm³/mol. The van der Waals surface area contributed by atoms with Crippen LogP contribution in [0.4, 0.5) is 0 Å². The Morgan fingerprint density at radius 1 is 1.24 bits per heavy atom. The minimum atomic E-state index is -1.99. The molecule has 1 aliphatic rings. The molecule has 0 aromatic heterocycles. The average molecular weight is 307 g/mol. The van der Waals surface area contributed by atoms with Gasteiger partial charge in [0.05, 0.1) is 14.2 Å². The van der Waals surface area contributed by atoms with E-state index < -0.39 is 20.3 Å². The van der Waals surface area contributed by atoms with Gasteiger partial charge in [-0.05, 0) is 21.0 Å². The third-order valence-electron chi connectivity index (χ3n) is 4.57. The molecule has 0 radical (unpaired) electrons. The van der Waals surface area contributed by atoms with Crippen LogP contribution in [0.15, 0.2) is 30.3 Å². The lowest BCUT2D eigenvalue weighted by Crippen LogP contribution is -2.56. The second kappa shape index (κ2) is 5.91. The van der Waals surface area contributed by atoms with E-state index in [1.165, 1.54) is 5.19 Å². The van der Waals surface area contributed by atoms with Gasteiger partial charge in [0.1, 0.15) is 12.1 Å². The van der Waals surface area contributed by atoms with Gasteiger partial charge in [0.15, 0.2) is 0 Å². The molecular weight excluding hydrogens is 282 g/mol. The van der Waals surface area contributed by atoms with Crippen molar-refractivity contribution in [2.45, 2.75) is 43.8 Å². The molecule has 0 unspecified atom stereocenters. The Balaban J connectivity index is 2.47. The number of hydrogen-bond acceptors (Lipinski definition) is 4. The summed E-state index contributed by atoms with van der Waals surface area (Å²) in [5.74, 6) is -0.215. The standard InChI is InChI=1S/C16H25NO3Si/c1-11(18)14-15(13(17(2)3)16(19)20-14)21(4,5)12-9-7-6-8-10-12/h6-11,13-15,18H,1-5H3/t11-,13-,14+,15+/m1/s1. The Labute approximate surface area is 127 Å². The number of rotatable bonds is 4. The highest BCUT2D eigenvalue weighted by Crippen LogP contribution is 2.40. The lowest BCUT2D eigenvalue weighted by atomic mass is 10.1. The summed E-state index contributed by atoms with van der Waals surface area (Å²) in [4.78, 5) is 14.2. The number of likely N-dealkylation sites (N-methyl/N-ethyl adjacent to an activating group) is 1. The fourth-order valence-electron chi connectivity index (χ4n) is 3.40. The van der Waals surface area contributed by atoms with Gasteiger partial charge < -0.3 is 9.84 Å². The van der Waals surface area contributed by atoms with Crippen molar-refractivity contribution < 1.29 is 14.6 Å². The van der Waals surface area contributed by atoms with Crippen LogP contribution in [0.2, 0.25) is 18.6 Å². The zero-order valence-corrected chi connectivity index (χ0v) is 14.4. The number of benzene rings is 1. The van der Waals surface area contributed by atoms with Crippen LogP contribution in [-0.2, 0) is 9.53 Å². The summed E-state index contributed by atoms with van der Waals surface area (Å²) >= 11 is 0. The highest BCUT2D eigenvalue weighted by atomic mass is 28.3. The highest BCUT2D eigenvalue weighted by Gasteiger charge is 2.55. The zero-order chi connectivity index (χ0) is 15.8. The lowest BCUT2D eigenvalue weighted by Gasteiger charge is -2.37. The van der Waals surface area contributed by atoms with E-state index in [-0.39, 0.29) is 17.6 Å². The number of ether oxygens (including phenoxy) is 1. The smallest absolute Gasteiger partial charge is 0.323 e. The number of nitrogens with zero attached hydrogens (tertiary/aromatic N) is 1. The molecule has 0 amide bonds. The van der Waals surface area contributed by atoms with Gasteiger partial charge in [-0.1, -0.05) is 48.6 Å². The van der Waals surface area contributed by atoms with E-state index in [1.807, 2.05) is 37.2 Å². The molecule has 5 heteroatoms. The van der Waals surface area contributed by atoms with E-state index in [2.05, 4.69) is 25.2 Å². The van der Waals surface area contributed by atoms with Gasteiger partial charge in [0.25, 0.3) is 0 Å². The molecule has 2 rings (SSSR count). The molecule has 1 aliphatic heterocycles. The van der Waals surface area contributed by atoms with E-state index in [0.717, 1.165) is 0 Å². The minimum Gasteiger partial charge on any atom is -0.458 e. The van der Waals surface area contributed by atoms with Crippen molar-refractivity contribution in [2.24, 2.45) is 0 Å². The molecule has 4 atom stereocenters. The number of aliphatic hydroxyl groups is 1. The monoisotopic (exact) mass is 307 g/mol. The second-order valence-electron chi connectivity index (χ2n) is 6.66. The van der Waals surface area contributed by atoms with Crippen LogP contribution in [0.3, 0.4) is 0 Å². The van der Waals surface area contributed by atoms with Gasteiger partial charge in [-0.2, -0.15) is 0 Å². The predicted octanol–water partition coefficient (Wildman–Crippen LogP) is 1.21. The van der Waals surface area contributed by atoms with Crippen LogP contribution in [-0.4, -0.2) is 56.4 Å². The van der Waals surface area contributed by atoms with Gasteiger partial charge in [-0.15, -0.1) is 0 Å². The maximum Gasteiger partial charge on any atom is 0.323 e. The molecule has 21 heavy (non-hydrogen) atoms. The minimum absolute atomic E-state index is 0.0300. The third kappa shape index (κ3) is 2.91. The highest BCUT2D eigenvalue weighted by molar-refractivity contribution is 6.91. The van der Waals surface area contributed by atoms with E-state index in [1.54, 1.807) is 6.92 Å². The first-order chi connectivity index (χ1) is 9.76. The van der Waals surface area contributed by atoms with E-state index >= 15 is 0 Å². The van der Waals surface area contributed by atoms with Gasteiger partial charge in [0.2, 0.25) is 0 Å². The summed E-state index contributed by atoms with van der Waals surface area (Å²) in [6, 6.07) is 10.0. The Hall–Kier alpha value is -1.17. The Morgan fingerprint density at radius 3 is 2.29 bits per heavy atom. The molecule has 0 saturated carbocycles. The largest absolute Gasteiger partial charge is 0.458 e. The lowest BCUT2D eigenvalue weighted by molar-refractivity contribution is -0.147. The number of esters is 1. The Kier molecular flexibility index (Phi) is 4.56. The van der Waals surface area contributed by atoms with Crippen LogP contribution >= 0.6 is 0 Å². The maximum absolute atomic E-state index is 12.3. The molecule has 1 saturated heterocycles. The first-order valence-electron chi connectivity index (χ1n) is 7.37. The van der Waals surface area contributed by atoms with Crippen molar-refractivity contribution in [1.29, 1.82) is 0 Å². The van der Waals surface area contributed by atoms with Crippen molar-refractivity contribution >= 4 is 19.2 Å². The van der Waals surface area contributed by atoms with E-state index in [9.17, 15) is 9.90 Å². The van der Waals surface area contributed by atoms with Crippen molar-refractivity contribution in [3.63, 3.8) is 0 Å². The molecule has 1 aromatic carbocycles. The topological polar surface area (TPSA) is 49.8 Å². The number of carbonyl (C=O) groups is 1. The van der Waals surface area contributed by atoms with Gasteiger partial charge >= 0.3 is 5.97 Å². The molecule has 1 fully saturated rings. The van der Waals surface area contributed by atoms with Crippen LogP contribution in [0.25, 0.3) is 0 Å². The fraction of sp³-hybridized carbons (Fsp3) is 0.562. The fourth-order valence-corrected chi connectivity index (χ4v) is 7.23. The van der Waals surface area contributed by atoms with Crippen molar-refractivity contribution in [1.82, 2.24) is 4.90 Å². The molecule has 0 aliphatic carbocycles. The van der Waals surface area contributed by atoms with Crippen LogP contribution in [0, 0.1) is 0 Å². The van der Waals surface area contributed by atoms with E-state index in [0.29, 0.717) is 0 Å². The second-order valence-corrected chi connectivity index (χ2v) is 11.4. The number of aliphatic hydroxyl groups excluding tert-OH is 1. The third-order valence-corrected chi connectivity index (χ3v) is 8.70. The Bertz CT molecular complexity index is 502. The molecule has 0 bridgehead atoms. The summed E-state index contributed by atoms with van der Waals surface area (Å²) < 4.78 is 5.52. The quantitative estimate of drug-likeness (QED) is 0.671. The SMILES string of the molecule is C[C@@H](O)[C@@H]1OC(=O)[C@H](N(C)C)[C@@H]1[Si](C)(C)c1ccccc1. The summed E-state index contributed by atoms with van der Waals surface area (Å²) in [7, 11) is 1.82. The van der Waals surface area contributed by atoms with Crippen molar-refractivity contribution in [3.05, 3.63) is 30.3 Å². The number of carbonyl (C=O) groups excluding carboxylic acids is 1. The zero-order valence-electron chi connectivity index (χ0n) is 13.4. The first-order valence-corrected chi connectivity index (χ1v) is 10.4. The average Bonchev–Trinajstić information content (AvgIpc) is 2.78. The summed E-state index contributed by atoms with van der Waals surface area (Å²) in [6.07, 6.45) is -1.08. The number of hydrogen-bond donors (Lipinski definition) is 1. The van der Waals surface area contributed by atoms with Gasteiger partial charge in [-0.25, -0.2) is 0 Å². The molecule has 1 aromatic rings. The molecule has 1 heterocycles. The van der Waals surface area contributed by atoms with Crippen LogP contribution in [0.5, 0.6) is 0 Å². The maximum atomic E-state index is 12.3. The molecular formula is C16H25NO3Si. The molecule has 0 spiro atoms. The van der Waals surface area contributed by atoms with Crippen LogP contribution in [0.1, 0.15) is 6.92 Å². The van der Waals surface area contributed by atoms with Crippen molar-refractivity contribution in [2.75, 3.05) is 14.1 Å². The van der Waals surface area contributed by atoms with Crippen molar-refractivity contribution in [3.8, 4) is 0 Å².